The molecule has 7 heteroatoms. The van der Waals surface area contributed by atoms with Gasteiger partial charge in [0.15, 0.2) is 0 Å². The van der Waals surface area contributed by atoms with E-state index in [-0.39, 0.29) is 13.0 Å². The topological polar surface area (TPSA) is 75.7 Å². The molecule has 0 aliphatic carbocycles. The summed E-state index contributed by atoms with van der Waals surface area (Å²) in [5.41, 5.74) is 2.77. The number of carbonyl (C=O) groups excluding carboxylic acids is 3. The van der Waals surface area contributed by atoms with E-state index in [1.807, 2.05) is 0 Å². The highest BCUT2D eigenvalue weighted by molar-refractivity contribution is 6.30. The van der Waals surface area contributed by atoms with Crippen LogP contribution in [0.3, 0.4) is 0 Å². The molecule has 1 atom stereocenters. The summed E-state index contributed by atoms with van der Waals surface area (Å²) in [7, 11) is 1.25. The molecule has 1 unspecified atom stereocenters. The van der Waals surface area contributed by atoms with Gasteiger partial charge in [-0.05, 0) is 18.2 Å². The van der Waals surface area contributed by atoms with E-state index in [0.717, 1.165) is 5.01 Å². The van der Waals surface area contributed by atoms with Crippen molar-refractivity contribution < 1.29 is 19.1 Å². The second kappa shape index (κ2) is 5.92. The fourth-order valence-electron chi connectivity index (χ4n) is 1.99. The lowest BCUT2D eigenvalue weighted by molar-refractivity contribution is -0.151. The largest absolute Gasteiger partial charge is 0.469 e. The summed E-state index contributed by atoms with van der Waals surface area (Å²) >= 11 is 5.83. The van der Waals surface area contributed by atoms with Crippen LogP contribution in [0.2, 0.25) is 5.02 Å². The lowest BCUT2D eigenvalue weighted by Gasteiger charge is -2.31. The number of nitrogens with zero attached hydrogens (tertiary/aromatic N) is 1. The molecule has 1 aromatic carbocycles. The molecule has 1 fully saturated rings. The fraction of sp³-hybridized carbons (Fsp3) is 0.308. The van der Waals surface area contributed by atoms with Crippen LogP contribution in [0, 0.1) is 5.92 Å². The van der Waals surface area contributed by atoms with E-state index >= 15 is 0 Å². The first kappa shape index (κ1) is 14.3. The Hall–Kier alpha value is -2.08. The summed E-state index contributed by atoms with van der Waals surface area (Å²) in [5.74, 6) is -1.99. The minimum atomic E-state index is -0.656. The van der Waals surface area contributed by atoms with Gasteiger partial charge in [0.05, 0.1) is 19.6 Å². The predicted molar refractivity (Wildman–Crippen MR) is 70.8 cm³/mol. The van der Waals surface area contributed by atoms with E-state index in [0.29, 0.717) is 10.6 Å². The van der Waals surface area contributed by atoms with Gasteiger partial charge in [0.25, 0.3) is 5.91 Å². The van der Waals surface area contributed by atoms with Crippen LogP contribution >= 0.6 is 11.6 Å². The first-order chi connectivity index (χ1) is 9.51. The third-order valence-corrected chi connectivity index (χ3v) is 3.18. The normalized spacial score (nSPS) is 18.4. The van der Waals surface area contributed by atoms with Crippen LogP contribution in [0.1, 0.15) is 16.8 Å². The van der Waals surface area contributed by atoms with Crippen molar-refractivity contribution in [1.82, 2.24) is 10.4 Å². The lowest BCUT2D eigenvalue weighted by Crippen LogP contribution is -2.54. The van der Waals surface area contributed by atoms with Gasteiger partial charge < -0.3 is 4.74 Å². The second-order valence-electron chi connectivity index (χ2n) is 4.39. The predicted octanol–water partition coefficient (Wildman–Crippen LogP) is 1.01. The first-order valence-electron chi connectivity index (χ1n) is 5.96. The van der Waals surface area contributed by atoms with Crippen molar-refractivity contribution in [2.75, 3.05) is 13.7 Å². The number of hydrogen-bond donors (Lipinski definition) is 1. The number of carbonyl (C=O) groups is 3. The van der Waals surface area contributed by atoms with Crippen LogP contribution < -0.4 is 5.43 Å². The Bertz CT molecular complexity index is 561. The molecule has 1 aliphatic rings. The Morgan fingerprint density at radius 3 is 2.85 bits per heavy atom. The molecular weight excluding hydrogens is 284 g/mol. The maximum absolute atomic E-state index is 12.3. The molecule has 2 rings (SSSR count). The molecule has 1 saturated heterocycles. The molecular formula is C13H13ClN2O4. The number of methoxy groups -OCH3 is 1. The van der Waals surface area contributed by atoms with Crippen LogP contribution in [0.5, 0.6) is 0 Å². The van der Waals surface area contributed by atoms with Gasteiger partial charge in [-0.2, -0.15) is 0 Å². The van der Waals surface area contributed by atoms with Gasteiger partial charge in [0.1, 0.15) is 0 Å². The summed E-state index contributed by atoms with van der Waals surface area (Å²) < 4.78 is 4.61. The average Bonchev–Trinajstić information content (AvgIpc) is 2.45. The van der Waals surface area contributed by atoms with Gasteiger partial charge in [-0.15, -0.1) is 0 Å². The summed E-state index contributed by atoms with van der Waals surface area (Å²) in [5, 5.41) is 1.53. The smallest absolute Gasteiger partial charge is 0.311 e. The van der Waals surface area contributed by atoms with Crippen molar-refractivity contribution in [2.45, 2.75) is 6.42 Å². The molecule has 1 aromatic rings. The van der Waals surface area contributed by atoms with Crippen LogP contribution in [-0.2, 0) is 14.3 Å². The average molecular weight is 297 g/mol. The van der Waals surface area contributed by atoms with E-state index < -0.39 is 23.7 Å². The Morgan fingerprint density at radius 1 is 1.45 bits per heavy atom. The van der Waals surface area contributed by atoms with Crippen LogP contribution in [0.4, 0.5) is 0 Å². The Balaban J connectivity index is 2.17. The maximum Gasteiger partial charge on any atom is 0.311 e. The number of nitrogens with one attached hydrogen (secondary N) is 1. The Labute approximate surface area is 120 Å². The SMILES string of the molecule is COC(=O)C1CC(=O)NN(C(=O)c2cccc(Cl)c2)C1. The number of hydrazine groups is 1. The third kappa shape index (κ3) is 3.08. The van der Waals surface area contributed by atoms with Gasteiger partial charge >= 0.3 is 5.97 Å². The van der Waals surface area contributed by atoms with Gasteiger partial charge in [0, 0.05) is 17.0 Å². The molecule has 1 N–H and O–H groups in total. The zero-order valence-electron chi connectivity index (χ0n) is 10.8. The minimum Gasteiger partial charge on any atom is -0.469 e. The second-order valence-corrected chi connectivity index (χ2v) is 4.82. The van der Waals surface area contributed by atoms with Crippen molar-refractivity contribution in [2.24, 2.45) is 5.92 Å². The summed E-state index contributed by atoms with van der Waals surface area (Å²) in [6, 6.07) is 6.36. The summed E-state index contributed by atoms with van der Waals surface area (Å²) in [6.07, 6.45) is 0.00595. The fourth-order valence-corrected chi connectivity index (χ4v) is 2.18. The highest BCUT2D eigenvalue weighted by Crippen LogP contribution is 2.17. The van der Waals surface area contributed by atoms with Crippen molar-refractivity contribution in [3.8, 4) is 0 Å². The Kier molecular flexibility index (Phi) is 4.24. The molecule has 20 heavy (non-hydrogen) atoms. The zero-order valence-corrected chi connectivity index (χ0v) is 11.5. The number of benzene rings is 1. The molecule has 0 radical (unpaired) electrons. The summed E-state index contributed by atoms with van der Waals surface area (Å²) in [4.78, 5) is 35.3. The highest BCUT2D eigenvalue weighted by atomic mass is 35.5. The van der Waals surface area contributed by atoms with Gasteiger partial charge in [-0.3, -0.25) is 19.8 Å². The first-order valence-corrected chi connectivity index (χ1v) is 6.34. The maximum atomic E-state index is 12.3. The van der Waals surface area contributed by atoms with E-state index in [1.165, 1.54) is 13.2 Å². The van der Waals surface area contributed by atoms with E-state index in [1.54, 1.807) is 18.2 Å². The van der Waals surface area contributed by atoms with Crippen LogP contribution in [0.15, 0.2) is 24.3 Å². The highest BCUT2D eigenvalue weighted by Gasteiger charge is 2.33. The standard InChI is InChI=1S/C13H13ClN2O4/c1-20-13(19)9-6-11(17)15-16(7-9)12(18)8-3-2-4-10(14)5-8/h2-5,9H,6-7H2,1H3,(H,15,17). The number of rotatable bonds is 2. The molecule has 2 amide bonds. The number of amides is 2. The third-order valence-electron chi connectivity index (χ3n) is 2.95. The van der Waals surface area contributed by atoms with Crippen molar-refractivity contribution in [3.05, 3.63) is 34.9 Å². The van der Waals surface area contributed by atoms with Crippen molar-refractivity contribution >= 4 is 29.4 Å². The molecule has 0 spiro atoms. The van der Waals surface area contributed by atoms with Gasteiger partial charge in [-0.25, -0.2) is 5.01 Å². The monoisotopic (exact) mass is 296 g/mol. The van der Waals surface area contributed by atoms with E-state index in [9.17, 15) is 14.4 Å². The van der Waals surface area contributed by atoms with Gasteiger partial charge in [-0.1, -0.05) is 17.7 Å². The molecule has 0 saturated carbocycles. The van der Waals surface area contributed by atoms with E-state index in [4.69, 9.17) is 11.6 Å². The van der Waals surface area contributed by atoms with Crippen LogP contribution in [0.25, 0.3) is 0 Å². The zero-order chi connectivity index (χ0) is 14.7. The number of hydrogen-bond acceptors (Lipinski definition) is 4. The van der Waals surface area contributed by atoms with Crippen LogP contribution in [-0.4, -0.2) is 36.4 Å². The number of esters is 1. The molecule has 1 aliphatic heterocycles. The Morgan fingerprint density at radius 2 is 2.20 bits per heavy atom. The molecule has 0 bridgehead atoms. The number of halogens is 1. The number of ether oxygens (including phenoxy) is 1. The summed E-state index contributed by atoms with van der Waals surface area (Å²) in [6.45, 7) is 0.0732. The van der Waals surface area contributed by atoms with E-state index in [2.05, 4.69) is 10.2 Å². The molecule has 0 aromatic heterocycles. The lowest BCUT2D eigenvalue weighted by atomic mass is 10.0. The van der Waals surface area contributed by atoms with Gasteiger partial charge in [0.2, 0.25) is 5.91 Å². The quantitative estimate of drug-likeness (QED) is 0.826. The van der Waals surface area contributed by atoms with Crippen molar-refractivity contribution in [3.63, 3.8) is 0 Å². The molecule has 6 nitrogen and oxygen atoms in total. The molecule has 106 valence electrons. The molecule has 1 heterocycles. The minimum absolute atomic E-state index is 0.00595. The van der Waals surface area contributed by atoms with Crippen molar-refractivity contribution in [1.29, 1.82) is 0 Å².